The molecule has 1 saturated heterocycles. The molecule has 2 amide bonds. The van der Waals surface area contributed by atoms with Gasteiger partial charge in [0.15, 0.2) is 6.10 Å². The molecule has 1 unspecified atom stereocenters. The maximum atomic E-state index is 12.5. The molecule has 3 rings (SSSR count). The number of ether oxygens (including phenoxy) is 1. The molecule has 0 bridgehead atoms. The predicted molar refractivity (Wildman–Crippen MR) is 105 cm³/mol. The van der Waals surface area contributed by atoms with Gasteiger partial charge in [0.25, 0.3) is 0 Å². The monoisotopic (exact) mass is 367 g/mol. The van der Waals surface area contributed by atoms with Crippen molar-refractivity contribution in [3.63, 3.8) is 0 Å². The number of aromatic nitrogens is 1. The summed E-state index contributed by atoms with van der Waals surface area (Å²) in [6, 6.07) is 10.4. The fraction of sp³-hybridized carbons (Fsp3) is 0.333. The molecule has 1 aliphatic heterocycles. The Morgan fingerprint density at radius 3 is 2.56 bits per heavy atom. The molecular weight excluding hydrogens is 342 g/mol. The van der Waals surface area contributed by atoms with E-state index in [1.165, 1.54) is 5.56 Å². The van der Waals surface area contributed by atoms with Crippen molar-refractivity contribution >= 4 is 17.9 Å². The molecule has 0 radical (unpaired) electrons. The van der Waals surface area contributed by atoms with Crippen molar-refractivity contribution in [3.05, 3.63) is 58.9 Å². The number of rotatable bonds is 4. The summed E-state index contributed by atoms with van der Waals surface area (Å²) in [6.45, 7) is 7.11. The van der Waals surface area contributed by atoms with Crippen molar-refractivity contribution in [1.82, 2.24) is 9.47 Å². The lowest BCUT2D eigenvalue weighted by molar-refractivity contribution is -0.142. The normalized spacial score (nSPS) is 17.4. The molecule has 1 aromatic carbocycles. The Labute approximate surface area is 159 Å². The third-order valence-corrected chi connectivity index (χ3v) is 4.86. The topological polar surface area (TPSA) is 77.6 Å². The standard InChI is InChI=1S/C21H25N3O3/c1-14-4-7-18(8-5-14)24-15(2)12-17(16(24)3)6-9-20(25)23-10-11-27-19(13-23)21(22)26/h4-9,12,19H,10-11,13H2,1-3H3,(H2,22,26). The van der Waals surface area contributed by atoms with E-state index in [1.54, 1.807) is 11.0 Å². The molecule has 2 aromatic rings. The summed E-state index contributed by atoms with van der Waals surface area (Å²) in [5, 5.41) is 0. The van der Waals surface area contributed by atoms with E-state index in [-0.39, 0.29) is 12.5 Å². The number of aryl methyl sites for hydroxylation is 2. The van der Waals surface area contributed by atoms with Gasteiger partial charge in [0, 0.05) is 29.7 Å². The lowest BCUT2D eigenvalue weighted by Gasteiger charge is -2.30. The van der Waals surface area contributed by atoms with E-state index in [1.807, 2.05) is 19.9 Å². The van der Waals surface area contributed by atoms with Crippen molar-refractivity contribution in [2.45, 2.75) is 26.9 Å². The minimum atomic E-state index is -0.734. The average Bonchev–Trinajstić information content (AvgIpc) is 2.94. The van der Waals surface area contributed by atoms with Gasteiger partial charge in [-0.1, -0.05) is 17.7 Å². The Balaban J connectivity index is 1.77. The summed E-state index contributed by atoms with van der Waals surface area (Å²) in [7, 11) is 0. The van der Waals surface area contributed by atoms with Crippen LogP contribution < -0.4 is 5.73 Å². The van der Waals surface area contributed by atoms with Crippen LogP contribution in [0.2, 0.25) is 0 Å². The third-order valence-electron chi connectivity index (χ3n) is 4.86. The molecule has 1 aromatic heterocycles. The number of morpholine rings is 1. The van der Waals surface area contributed by atoms with Crippen LogP contribution in [0, 0.1) is 20.8 Å². The molecule has 0 aliphatic carbocycles. The molecule has 27 heavy (non-hydrogen) atoms. The van der Waals surface area contributed by atoms with Crippen LogP contribution in [-0.2, 0) is 14.3 Å². The number of carbonyl (C=O) groups is 2. The van der Waals surface area contributed by atoms with Gasteiger partial charge in [-0.2, -0.15) is 0 Å². The van der Waals surface area contributed by atoms with Gasteiger partial charge in [-0.25, -0.2) is 0 Å². The van der Waals surface area contributed by atoms with Gasteiger partial charge >= 0.3 is 0 Å². The Morgan fingerprint density at radius 1 is 1.19 bits per heavy atom. The quantitative estimate of drug-likeness (QED) is 0.841. The Bertz CT molecular complexity index is 881. The molecule has 1 aliphatic rings. The summed E-state index contributed by atoms with van der Waals surface area (Å²) in [6.07, 6.45) is 2.64. The first kappa shape index (κ1) is 18.9. The zero-order valence-corrected chi connectivity index (χ0v) is 15.9. The first-order chi connectivity index (χ1) is 12.9. The highest BCUT2D eigenvalue weighted by Crippen LogP contribution is 2.22. The highest BCUT2D eigenvalue weighted by molar-refractivity contribution is 5.92. The van der Waals surface area contributed by atoms with Crippen LogP contribution in [0.5, 0.6) is 0 Å². The van der Waals surface area contributed by atoms with Crippen LogP contribution in [0.1, 0.15) is 22.5 Å². The van der Waals surface area contributed by atoms with E-state index >= 15 is 0 Å². The molecule has 1 fully saturated rings. The molecule has 6 heteroatoms. The lowest BCUT2D eigenvalue weighted by atomic mass is 10.2. The highest BCUT2D eigenvalue weighted by Gasteiger charge is 2.26. The second-order valence-corrected chi connectivity index (χ2v) is 6.88. The Hall–Kier alpha value is -2.86. The predicted octanol–water partition coefficient (Wildman–Crippen LogP) is 2.13. The van der Waals surface area contributed by atoms with Gasteiger partial charge in [0.1, 0.15) is 0 Å². The van der Waals surface area contributed by atoms with E-state index in [9.17, 15) is 9.59 Å². The number of nitrogens with two attached hydrogens (primary N) is 1. The molecule has 6 nitrogen and oxygen atoms in total. The van der Waals surface area contributed by atoms with Crippen molar-refractivity contribution < 1.29 is 14.3 Å². The molecular formula is C21H25N3O3. The number of hydrogen-bond acceptors (Lipinski definition) is 3. The SMILES string of the molecule is Cc1ccc(-n2c(C)cc(C=CC(=O)N3CCOC(C(N)=O)C3)c2C)cc1. The second kappa shape index (κ2) is 7.80. The number of primary amides is 1. The van der Waals surface area contributed by atoms with Crippen LogP contribution in [0.25, 0.3) is 11.8 Å². The van der Waals surface area contributed by atoms with Gasteiger partial charge in [-0.3, -0.25) is 9.59 Å². The lowest BCUT2D eigenvalue weighted by Crippen LogP contribution is -2.50. The third kappa shape index (κ3) is 4.11. The molecule has 0 saturated carbocycles. The zero-order valence-electron chi connectivity index (χ0n) is 15.9. The Morgan fingerprint density at radius 2 is 1.89 bits per heavy atom. The molecule has 142 valence electrons. The van der Waals surface area contributed by atoms with Gasteiger partial charge in [0.2, 0.25) is 11.8 Å². The van der Waals surface area contributed by atoms with Crippen molar-refractivity contribution in [1.29, 1.82) is 0 Å². The highest BCUT2D eigenvalue weighted by atomic mass is 16.5. The first-order valence-corrected chi connectivity index (χ1v) is 9.00. The fourth-order valence-electron chi connectivity index (χ4n) is 3.34. The zero-order chi connectivity index (χ0) is 19.6. The first-order valence-electron chi connectivity index (χ1n) is 9.00. The van der Waals surface area contributed by atoms with Crippen LogP contribution in [0.3, 0.4) is 0 Å². The van der Waals surface area contributed by atoms with Crippen LogP contribution in [0.15, 0.2) is 36.4 Å². The molecule has 2 heterocycles. The summed E-state index contributed by atoms with van der Waals surface area (Å²) >= 11 is 0. The van der Waals surface area contributed by atoms with E-state index < -0.39 is 12.0 Å². The van der Waals surface area contributed by atoms with Crippen molar-refractivity contribution in [2.24, 2.45) is 5.73 Å². The van der Waals surface area contributed by atoms with Crippen LogP contribution in [0.4, 0.5) is 0 Å². The molecule has 0 spiro atoms. The average molecular weight is 367 g/mol. The van der Waals surface area contributed by atoms with E-state index in [4.69, 9.17) is 10.5 Å². The van der Waals surface area contributed by atoms with E-state index in [0.29, 0.717) is 13.2 Å². The fourth-order valence-corrected chi connectivity index (χ4v) is 3.34. The second-order valence-electron chi connectivity index (χ2n) is 6.88. The summed E-state index contributed by atoms with van der Waals surface area (Å²) in [4.78, 5) is 25.3. The van der Waals surface area contributed by atoms with Gasteiger partial charge in [-0.05, 0) is 50.6 Å². The van der Waals surface area contributed by atoms with E-state index in [0.717, 1.165) is 22.6 Å². The maximum Gasteiger partial charge on any atom is 0.248 e. The maximum absolute atomic E-state index is 12.5. The summed E-state index contributed by atoms with van der Waals surface area (Å²) < 4.78 is 7.45. The number of amides is 2. The smallest absolute Gasteiger partial charge is 0.248 e. The minimum Gasteiger partial charge on any atom is -0.367 e. The summed E-state index contributed by atoms with van der Waals surface area (Å²) in [5.74, 6) is -0.692. The van der Waals surface area contributed by atoms with Crippen LogP contribution in [-0.4, -0.2) is 47.1 Å². The van der Waals surface area contributed by atoms with Crippen molar-refractivity contribution in [3.8, 4) is 5.69 Å². The van der Waals surface area contributed by atoms with Crippen LogP contribution >= 0.6 is 0 Å². The Kier molecular flexibility index (Phi) is 5.46. The van der Waals surface area contributed by atoms with Gasteiger partial charge in [0.05, 0.1) is 13.2 Å². The largest absolute Gasteiger partial charge is 0.367 e. The van der Waals surface area contributed by atoms with Crippen molar-refractivity contribution in [2.75, 3.05) is 19.7 Å². The minimum absolute atomic E-state index is 0.148. The van der Waals surface area contributed by atoms with Gasteiger partial charge < -0.3 is 19.9 Å². The number of benzene rings is 1. The molecule has 2 N–H and O–H groups in total. The van der Waals surface area contributed by atoms with E-state index in [2.05, 4.69) is 41.8 Å². The molecule has 1 atom stereocenters. The number of hydrogen-bond donors (Lipinski definition) is 1. The van der Waals surface area contributed by atoms with Gasteiger partial charge in [-0.15, -0.1) is 0 Å². The number of nitrogens with zero attached hydrogens (tertiary/aromatic N) is 2. The summed E-state index contributed by atoms with van der Waals surface area (Å²) in [5.41, 5.74) is 10.7. The number of carbonyl (C=O) groups excluding carboxylic acids is 2.